The van der Waals surface area contributed by atoms with E-state index in [1.165, 1.54) is 17.7 Å². The van der Waals surface area contributed by atoms with Gasteiger partial charge in [-0.1, -0.05) is 20.8 Å². The van der Waals surface area contributed by atoms with Crippen molar-refractivity contribution in [2.45, 2.75) is 33.7 Å². The Labute approximate surface area is 149 Å². The molecule has 25 heavy (non-hydrogen) atoms. The van der Waals surface area contributed by atoms with Gasteiger partial charge in [-0.05, 0) is 29.9 Å². The zero-order valence-electron chi connectivity index (χ0n) is 14.5. The first kappa shape index (κ1) is 18.6. The Morgan fingerprint density at radius 1 is 1.28 bits per heavy atom. The highest BCUT2D eigenvalue weighted by Crippen LogP contribution is 2.25. The fourth-order valence-electron chi connectivity index (χ4n) is 2.13. The van der Waals surface area contributed by atoms with E-state index < -0.39 is 23.3 Å². The van der Waals surface area contributed by atoms with Crippen LogP contribution in [0.25, 0.3) is 0 Å². The summed E-state index contributed by atoms with van der Waals surface area (Å²) in [5.74, 6) is -0.753. The quantitative estimate of drug-likeness (QED) is 0.606. The highest BCUT2D eigenvalue weighted by molar-refractivity contribution is 7.10. The minimum Gasteiger partial charge on any atom is -0.368 e. The first-order chi connectivity index (χ1) is 11.6. The van der Waals surface area contributed by atoms with Crippen molar-refractivity contribution in [1.82, 2.24) is 14.3 Å². The SMILES string of the molecule is Cc1cc(Nc2nc(NC(C(N)=O)C(C)(C)C)cnc2C(N)=O)sn1. The number of rotatable bonds is 6. The summed E-state index contributed by atoms with van der Waals surface area (Å²) in [5.41, 5.74) is 11.2. The molecule has 1 unspecified atom stereocenters. The molecule has 0 spiro atoms. The maximum Gasteiger partial charge on any atom is 0.271 e. The number of primary amides is 2. The molecule has 2 rings (SSSR count). The molecular weight excluding hydrogens is 342 g/mol. The van der Waals surface area contributed by atoms with Crippen molar-refractivity contribution in [2.75, 3.05) is 10.6 Å². The molecule has 9 nitrogen and oxygen atoms in total. The summed E-state index contributed by atoms with van der Waals surface area (Å²) in [6.07, 6.45) is 1.34. The van der Waals surface area contributed by atoms with Crippen molar-refractivity contribution in [2.24, 2.45) is 16.9 Å². The van der Waals surface area contributed by atoms with Crippen LogP contribution in [0.4, 0.5) is 16.6 Å². The molecule has 10 heteroatoms. The summed E-state index contributed by atoms with van der Waals surface area (Å²) in [6, 6.07) is 1.14. The number of carbonyl (C=O) groups is 2. The number of aromatic nitrogens is 3. The van der Waals surface area contributed by atoms with Crippen LogP contribution in [0.2, 0.25) is 0 Å². The van der Waals surface area contributed by atoms with Gasteiger partial charge in [0.2, 0.25) is 5.91 Å². The Morgan fingerprint density at radius 2 is 1.96 bits per heavy atom. The van der Waals surface area contributed by atoms with Crippen LogP contribution in [0, 0.1) is 12.3 Å². The zero-order valence-corrected chi connectivity index (χ0v) is 15.3. The molecule has 0 aliphatic rings. The molecule has 2 heterocycles. The number of nitrogens with one attached hydrogen (secondary N) is 2. The molecule has 2 amide bonds. The lowest BCUT2D eigenvalue weighted by Gasteiger charge is -2.29. The molecule has 1 atom stereocenters. The third-order valence-electron chi connectivity index (χ3n) is 3.32. The van der Waals surface area contributed by atoms with Gasteiger partial charge >= 0.3 is 0 Å². The molecule has 0 bridgehead atoms. The normalized spacial score (nSPS) is 12.5. The first-order valence-electron chi connectivity index (χ1n) is 7.51. The van der Waals surface area contributed by atoms with Crippen LogP contribution >= 0.6 is 11.5 Å². The van der Waals surface area contributed by atoms with Gasteiger partial charge in [0.15, 0.2) is 11.5 Å². The number of amides is 2. The molecule has 0 aromatic carbocycles. The van der Waals surface area contributed by atoms with E-state index in [-0.39, 0.29) is 11.5 Å². The molecule has 0 fully saturated rings. The predicted molar refractivity (Wildman–Crippen MR) is 96.7 cm³/mol. The van der Waals surface area contributed by atoms with Gasteiger partial charge in [0, 0.05) is 0 Å². The van der Waals surface area contributed by atoms with Crippen LogP contribution in [-0.4, -0.2) is 32.2 Å². The summed E-state index contributed by atoms with van der Waals surface area (Å²) < 4.78 is 4.15. The minimum atomic E-state index is -0.718. The lowest BCUT2D eigenvalue weighted by atomic mass is 9.86. The maximum atomic E-state index is 11.7. The van der Waals surface area contributed by atoms with E-state index in [9.17, 15) is 9.59 Å². The van der Waals surface area contributed by atoms with Crippen LogP contribution in [0.5, 0.6) is 0 Å². The van der Waals surface area contributed by atoms with Gasteiger partial charge in [0.25, 0.3) is 5.91 Å². The Morgan fingerprint density at radius 3 is 2.44 bits per heavy atom. The van der Waals surface area contributed by atoms with Crippen molar-refractivity contribution in [1.29, 1.82) is 0 Å². The third kappa shape index (κ3) is 4.63. The molecule has 0 saturated heterocycles. The van der Waals surface area contributed by atoms with E-state index in [0.29, 0.717) is 10.8 Å². The first-order valence-corrected chi connectivity index (χ1v) is 8.28. The number of nitrogens with two attached hydrogens (primary N) is 2. The van der Waals surface area contributed by atoms with Gasteiger partial charge in [-0.2, -0.15) is 4.37 Å². The number of aryl methyl sites for hydroxylation is 1. The molecule has 134 valence electrons. The third-order valence-corrected chi connectivity index (χ3v) is 4.11. The second-order valence-electron chi connectivity index (χ2n) is 6.62. The number of hydrogen-bond acceptors (Lipinski definition) is 8. The summed E-state index contributed by atoms with van der Waals surface area (Å²) in [4.78, 5) is 31.7. The summed E-state index contributed by atoms with van der Waals surface area (Å²) in [5, 5.41) is 6.63. The van der Waals surface area contributed by atoms with Crippen molar-refractivity contribution in [3.05, 3.63) is 23.7 Å². The maximum absolute atomic E-state index is 11.7. The number of carbonyl (C=O) groups excluding carboxylic acids is 2. The molecule has 2 aromatic rings. The van der Waals surface area contributed by atoms with E-state index >= 15 is 0 Å². The monoisotopic (exact) mass is 363 g/mol. The second-order valence-corrected chi connectivity index (χ2v) is 7.42. The summed E-state index contributed by atoms with van der Waals surface area (Å²) >= 11 is 1.22. The van der Waals surface area contributed by atoms with E-state index in [0.717, 1.165) is 5.69 Å². The van der Waals surface area contributed by atoms with Gasteiger partial charge in [0.05, 0.1) is 11.9 Å². The van der Waals surface area contributed by atoms with Crippen LogP contribution in [0.1, 0.15) is 37.0 Å². The van der Waals surface area contributed by atoms with Gasteiger partial charge < -0.3 is 22.1 Å². The average Bonchev–Trinajstić information content (AvgIpc) is 2.88. The van der Waals surface area contributed by atoms with Crippen LogP contribution < -0.4 is 22.1 Å². The van der Waals surface area contributed by atoms with Gasteiger partial charge in [-0.25, -0.2) is 9.97 Å². The molecule has 6 N–H and O–H groups in total. The van der Waals surface area contributed by atoms with Crippen molar-refractivity contribution >= 4 is 40.0 Å². The van der Waals surface area contributed by atoms with Crippen molar-refractivity contribution in [3.63, 3.8) is 0 Å². The Bertz CT molecular complexity index is 797. The number of nitrogens with zero attached hydrogens (tertiary/aromatic N) is 3. The molecule has 2 aromatic heterocycles. The molecule has 0 radical (unpaired) electrons. The molecule has 0 saturated carbocycles. The van der Waals surface area contributed by atoms with Crippen LogP contribution in [-0.2, 0) is 4.79 Å². The van der Waals surface area contributed by atoms with Crippen molar-refractivity contribution < 1.29 is 9.59 Å². The fraction of sp³-hybridized carbons (Fsp3) is 0.400. The summed E-state index contributed by atoms with van der Waals surface area (Å²) in [7, 11) is 0. The standard InChI is InChI=1S/C15H21N7O2S/c1-7-5-9(25-22-7)21-14-10(12(16)23)18-6-8(20-14)19-11(13(17)24)15(2,3)4/h5-6,11H,1-4H3,(H2,16,23)(H2,17,24)(H2,19,20,21). The van der Waals surface area contributed by atoms with E-state index in [1.54, 1.807) is 6.07 Å². The van der Waals surface area contributed by atoms with Gasteiger partial charge in [-0.3, -0.25) is 9.59 Å². The Balaban J connectivity index is 2.36. The largest absolute Gasteiger partial charge is 0.368 e. The highest BCUT2D eigenvalue weighted by atomic mass is 32.1. The topological polar surface area (TPSA) is 149 Å². The zero-order chi connectivity index (χ0) is 18.8. The minimum absolute atomic E-state index is 0.0111. The van der Waals surface area contributed by atoms with E-state index in [2.05, 4.69) is 25.0 Å². The van der Waals surface area contributed by atoms with Crippen molar-refractivity contribution in [3.8, 4) is 0 Å². The second kappa shape index (κ2) is 7.01. The van der Waals surface area contributed by atoms with Crippen LogP contribution in [0.15, 0.2) is 12.3 Å². The number of anilines is 3. The Kier molecular flexibility index (Phi) is 5.21. The van der Waals surface area contributed by atoms with Crippen LogP contribution in [0.3, 0.4) is 0 Å². The molecular formula is C15H21N7O2S. The van der Waals surface area contributed by atoms with Gasteiger partial charge in [-0.15, -0.1) is 0 Å². The highest BCUT2D eigenvalue weighted by Gasteiger charge is 2.30. The fourth-order valence-corrected chi connectivity index (χ4v) is 2.79. The number of hydrogen-bond donors (Lipinski definition) is 4. The lowest BCUT2D eigenvalue weighted by molar-refractivity contribution is -0.120. The van der Waals surface area contributed by atoms with E-state index in [4.69, 9.17) is 11.5 Å². The van der Waals surface area contributed by atoms with E-state index in [1.807, 2.05) is 27.7 Å². The average molecular weight is 363 g/mol. The van der Waals surface area contributed by atoms with Gasteiger partial charge in [0.1, 0.15) is 16.9 Å². The predicted octanol–water partition coefficient (Wildman–Crippen LogP) is 1.40. The molecule has 0 aliphatic carbocycles. The molecule has 0 aliphatic heterocycles. The smallest absolute Gasteiger partial charge is 0.271 e. The summed E-state index contributed by atoms with van der Waals surface area (Å²) in [6.45, 7) is 7.47. The Hall–Kier alpha value is -2.75. The lowest BCUT2D eigenvalue weighted by Crippen LogP contribution is -2.45.